The third kappa shape index (κ3) is 5.55. The summed E-state index contributed by atoms with van der Waals surface area (Å²) in [7, 11) is 0. The number of benzene rings is 2. The summed E-state index contributed by atoms with van der Waals surface area (Å²) in [6, 6.07) is 12.9. The largest absolute Gasteiger partial charge is 0.348 e. The molecule has 2 aromatic carbocycles. The minimum Gasteiger partial charge on any atom is -0.348 e. The number of hydrogen-bond donors (Lipinski definition) is 2. The van der Waals surface area contributed by atoms with Crippen LogP contribution in [-0.2, 0) is 15.9 Å². The van der Waals surface area contributed by atoms with Gasteiger partial charge in [-0.1, -0.05) is 6.07 Å². The number of ether oxygens (including phenoxy) is 2. The Morgan fingerprint density at radius 2 is 1.89 bits per heavy atom. The molecule has 1 saturated heterocycles. The molecule has 1 aliphatic rings. The first-order chi connectivity index (χ1) is 17.8. The SMILES string of the molecule is CC1(C)OC[C@@H]([C@@H](Cc2ncccn2)NC(=O)c2cccc(F)c2-c2cc(-c3ccc(F)cc3)[nH]n2)O1. The average Bonchev–Trinajstić information content (AvgIpc) is 3.51. The lowest BCUT2D eigenvalue weighted by atomic mass is 10.0. The summed E-state index contributed by atoms with van der Waals surface area (Å²) in [5, 5.41) is 10.0. The van der Waals surface area contributed by atoms with Gasteiger partial charge in [0.15, 0.2) is 5.79 Å². The van der Waals surface area contributed by atoms with Gasteiger partial charge in [-0.3, -0.25) is 9.89 Å². The van der Waals surface area contributed by atoms with Gasteiger partial charge in [-0.15, -0.1) is 0 Å². The van der Waals surface area contributed by atoms with Crippen molar-refractivity contribution in [1.29, 1.82) is 0 Å². The molecule has 1 aliphatic heterocycles. The van der Waals surface area contributed by atoms with Gasteiger partial charge in [-0.25, -0.2) is 18.7 Å². The van der Waals surface area contributed by atoms with Crippen LogP contribution in [0.3, 0.4) is 0 Å². The number of rotatable bonds is 7. The molecular weight excluding hydrogens is 480 g/mol. The zero-order valence-corrected chi connectivity index (χ0v) is 20.2. The molecule has 0 spiro atoms. The third-order valence-electron chi connectivity index (χ3n) is 6.06. The van der Waals surface area contributed by atoms with Crippen LogP contribution in [0.1, 0.15) is 30.0 Å². The number of nitrogens with zero attached hydrogens (tertiary/aromatic N) is 3. The maximum Gasteiger partial charge on any atom is 0.252 e. The fraction of sp³-hybridized carbons (Fsp3) is 0.259. The topological polar surface area (TPSA) is 102 Å². The first kappa shape index (κ1) is 24.7. The van der Waals surface area contributed by atoms with Crippen LogP contribution >= 0.6 is 0 Å². The maximum absolute atomic E-state index is 15.1. The molecule has 0 unspecified atom stereocenters. The van der Waals surface area contributed by atoms with Crippen LogP contribution in [-0.4, -0.2) is 50.6 Å². The Balaban J connectivity index is 1.44. The second-order valence-electron chi connectivity index (χ2n) is 9.15. The van der Waals surface area contributed by atoms with Crippen molar-refractivity contribution in [2.75, 3.05) is 6.61 Å². The highest BCUT2D eigenvalue weighted by Gasteiger charge is 2.38. The lowest BCUT2D eigenvalue weighted by Crippen LogP contribution is -2.47. The molecule has 4 aromatic rings. The van der Waals surface area contributed by atoms with E-state index in [1.54, 1.807) is 50.5 Å². The molecule has 0 bridgehead atoms. The van der Waals surface area contributed by atoms with Crippen molar-refractivity contribution in [2.45, 2.75) is 38.2 Å². The van der Waals surface area contributed by atoms with Crippen LogP contribution in [0.25, 0.3) is 22.5 Å². The molecule has 0 saturated carbocycles. The lowest BCUT2D eigenvalue weighted by molar-refractivity contribution is -0.141. The molecule has 0 radical (unpaired) electrons. The molecule has 190 valence electrons. The Kier molecular flexibility index (Phi) is 6.77. The molecule has 1 amide bonds. The van der Waals surface area contributed by atoms with Crippen molar-refractivity contribution in [3.63, 3.8) is 0 Å². The van der Waals surface area contributed by atoms with E-state index in [9.17, 15) is 9.18 Å². The predicted molar refractivity (Wildman–Crippen MR) is 131 cm³/mol. The van der Waals surface area contributed by atoms with Crippen LogP contribution < -0.4 is 5.32 Å². The molecule has 37 heavy (non-hydrogen) atoms. The molecule has 1 fully saturated rings. The Bertz CT molecular complexity index is 1390. The number of H-pyrrole nitrogens is 1. The standard InChI is InChI=1S/C27H25F2N5O3/c1-27(2)36-15-23(37-27)21(14-24-30-11-4-12-31-24)32-26(35)18-5-3-6-19(29)25(18)22-13-20(33-34-22)16-7-9-17(28)10-8-16/h3-13,21,23H,14-15H2,1-2H3,(H,32,35)(H,33,34)/t21-,23+/m1/s1. The Morgan fingerprint density at radius 1 is 1.14 bits per heavy atom. The summed E-state index contributed by atoms with van der Waals surface area (Å²) in [6.45, 7) is 3.86. The Morgan fingerprint density at radius 3 is 2.59 bits per heavy atom. The van der Waals surface area contributed by atoms with Crippen molar-refractivity contribution in [1.82, 2.24) is 25.5 Å². The maximum atomic E-state index is 15.1. The van der Waals surface area contributed by atoms with Crippen molar-refractivity contribution < 1.29 is 23.0 Å². The lowest BCUT2D eigenvalue weighted by Gasteiger charge is -2.25. The molecular formula is C27H25F2N5O3. The number of aromatic nitrogens is 4. The van der Waals surface area contributed by atoms with Crippen molar-refractivity contribution in [3.05, 3.63) is 90.0 Å². The average molecular weight is 506 g/mol. The van der Waals surface area contributed by atoms with E-state index in [2.05, 4.69) is 25.5 Å². The van der Waals surface area contributed by atoms with Gasteiger partial charge in [0, 0.05) is 18.8 Å². The van der Waals surface area contributed by atoms with Gasteiger partial charge < -0.3 is 14.8 Å². The number of nitrogens with one attached hydrogen (secondary N) is 2. The molecule has 5 rings (SSSR count). The second-order valence-corrected chi connectivity index (χ2v) is 9.15. The zero-order valence-electron chi connectivity index (χ0n) is 20.2. The minimum atomic E-state index is -0.805. The first-order valence-corrected chi connectivity index (χ1v) is 11.8. The van der Waals surface area contributed by atoms with Crippen molar-refractivity contribution in [2.24, 2.45) is 0 Å². The van der Waals surface area contributed by atoms with Crippen LogP contribution in [0, 0.1) is 11.6 Å². The van der Waals surface area contributed by atoms with Crippen molar-refractivity contribution >= 4 is 5.91 Å². The molecule has 2 aromatic heterocycles. The van der Waals surface area contributed by atoms with Gasteiger partial charge in [0.05, 0.1) is 35.2 Å². The summed E-state index contributed by atoms with van der Waals surface area (Å²) in [4.78, 5) is 22.1. The highest BCUT2D eigenvalue weighted by atomic mass is 19.1. The van der Waals surface area contributed by atoms with E-state index in [1.165, 1.54) is 30.3 Å². The van der Waals surface area contributed by atoms with Crippen LogP contribution in [0.2, 0.25) is 0 Å². The molecule has 2 N–H and O–H groups in total. The molecule has 10 heteroatoms. The fourth-order valence-electron chi connectivity index (χ4n) is 4.27. The summed E-state index contributed by atoms with van der Waals surface area (Å²) < 4.78 is 40.1. The quantitative estimate of drug-likeness (QED) is 0.388. The summed E-state index contributed by atoms with van der Waals surface area (Å²) >= 11 is 0. The highest BCUT2D eigenvalue weighted by molar-refractivity contribution is 6.01. The Labute approximate surface area is 212 Å². The van der Waals surface area contributed by atoms with E-state index in [1.807, 2.05) is 0 Å². The number of hydrogen-bond acceptors (Lipinski definition) is 6. The summed E-state index contributed by atoms with van der Waals surface area (Å²) in [6.07, 6.45) is 3.07. The van der Waals surface area contributed by atoms with Gasteiger partial charge in [0.2, 0.25) is 0 Å². The van der Waals surface area contributed by atoms with E-state index in [0.29, 0.717) is 23.5 Å². The van der Waals surface area contributed by atoms with Gasteiger partial charge in [0.1, 0.15) is 23.6 Å². The van der Waals surface area contributed by atoms with Crippen LogP contribution in [0.5, 0.6) is 0 Å². The third-order valence-corrected chi connectivity index (χ3v) is 6.06. The van der Waals surface area contributed by atoms with Gasteiger partial charge in [0.25, 0.3) is 5.91 Å². The predicted octanol–water partition coefficient (Wildman–Crippen LogP) is 4.30. The van der Waals surface area contributed by atoms with E-state index in [4.69, 9.17) is 9.47 Å². The zero-order chi connectivity index (χ0) is 26.0. The van der Waals surface area contributed by atoms with Gasteiger partial charge in [-0.2, -0.15) is 5.10 Å². The van der Waals surface area contributed by atoms with Crippen molar-refractivity contribution in [3.8, 4) is 22.5 Å². The first-order valence-electron chi connectivity index (χ1n) is 11.8. The summed E-state index contributed by atoms with van der Waals surface area (Å²) in [5.41, 5.74) is 1.62. The number of carbonyl (C=O) groups excluding carboxylic acids is 1. The number of aromatic amines is 1. The van der Waals surface area contributed by atoms with Gasteiger partial charge in [-0.05, 0) is 67.9 Å². The minimum absolute atomic E-state index is 0.0447. The summed E-state index contributed by atoms with van der Waals surface area (Å²) in [5.74, 6) is -1.76. The van der Waals surface area contributed by atoms with E-state index in [0.717, 1.165) is 0 Å². The van der Waals surface area contributed by atoms with Crippen LogP contribution in [0.4, 0.5) is 8.78 Å². The number of carbonyl (C=O) groups is 1. The van der Waals surface area contributed by atoms with E-state index in [-0.39, 0.29) is 29.2 Å². The van der Waals surface area contributed by atoms with E-state index < -0.39 is 29.7 Å². The van der Waals surface area contributed by atoms with Gasteiger partial charge >= 0.3 is 0 Å². The monoisotopic (exact) mass is 505 g/mol. The number of amides is 1. The smallest absolute Gasteiger partial charge is 0.252 e. The fourth-order valence-corrected chi connectivity index (χ4v) is 4.27. The second kappa shape index (κ2) is 10.2. The van der Waals surface area contributed by atoms with E-state index >= 15 is 4.39 Å². The normalized spacial score (nSPS) is 17.5. The molecule has 0 aliphatic carbocycles. The van der Waals surface area contributed by atoms with Crippen LogP contribution in [0.15, 0.2) is 67.0 Å². The molecule has 3 heterocycles. The number of halogens is 2. The Hall–Kier alpha value is -4.02. The highest BCUT2D eigenvalue weighted by Crippen LogP contribution is 2.30. The molecule has 8 nitrogen and oxygen atoms in total. The molecule has 2 atom stereocenters.